The highest BCUT2D eigenvalue weighted by Crippen LogP contribution is 2.31. The quantitative estimate of drug-likeness (QED) is 0.921. The van der Waals surface area contributed by atoms with Crippen LogP contribution in [0.25, 0.3) is 0 Å². The molecule has 4 nitrogen and oxygen atoms in total. The Labute approximate surface area is 122 Å². The minimum Gasteiger partial charge on any atom is -0.324 e. The van der Waals surface area contributed by atoms with Gasteiger partial charge in [-0.15, -0.1) is 0 Å². The van der Waals surface area contributed by atoms with Gasteiger partial charge in [0.1, 0.15) is 5.82 Å². The summed E-state index contributed by atoms with van der Waals surface area (Å²) in [6, 6.07) is 4.18. The Balaban J connectivity index is 1.99. The Morgan fingerprint density at radius 1 is 1.53 bits per heavy atom. The average Bonchev–Trinajstić information content (AvgIpc) is 2.84. The molecule has 1 N–H and O–H groups in total. The molecule has 7 heteroatoms. The van der Waals surface area contributed by atoms with Crippen molar-refractivity contribution in [2.75, 3.05) is 5.32 Å². The third-order valence-corrected chi connectivity index (χ3v) is 3.32. The van der Waals surface area contributed by atoms with Gasteiger partial charge in [0.25, 0.3) is 0 Å². The van der Waals surface area contributed by atoms with Gasteiger partial charge in [-0.2, -0.15) is 5.10 Å². The van der Waals surface area contributed by atoms with Crippen LogP contribution in [0.1, 0.15) is 6.42 Å². The molecule has 0 saturated heterocycles. The number of benzene rings is 1. The first-order valence-corrected chi connectivity index (χ1v) is 6.65. The van der Waals surface area contributed by atoms with E-state index in [1.165, 1.54) is 6.07 Å². The Morgan fingerprint density at radius 3 is 2.95 bits per heavy atom. The van der Waals surface area contributed by atoms with Gasteiger partial charge in [0.2, 0.25) is 5.91 Å². The lowest BCUT2D eigenvalue weighted by molar-refractivity contribution is -0.116. The summed E-state index contributed by atoms with van der Waals surface area (Å²) in [6.07, 6.45) is 3.67. The number of hydrogen-bond acceptors (Lipinski definition) is 2. The van der Waals surface area contributed by atoms with Crippen LogP contribution in [0.4, 0.5) is 10.1 Å². The normalized spacial score (nSPS) is 10.5. The highest BCUT2D eigenvalue weighted by atomic mass is 79.9. The van der Waals surface area contributed by atoms with Crippen molar-refractivity contribution in [2.45, 2.75) is 13.0 Å². The predicted molar refractivity (Wildman–Crippen MR) is 74.6 cm³/mol. The summed E-state index contributed by atoms with van der Waals surface area (Å²) in [5.74, 6) is -0.684. The monoisotopic (exact) mass is 345 g/mol. The second-order valence-corrected chi connectivity index (χ2v) is 5.07. The second-order valence-electron chi connectivity index (χ2n) is 3.81. The lowest BCUT2D eigenvalue weighted by Crippen LogP contribution is -2.15. The van der Waals surface area contributed by atoms with Gasteiger partial charge < -0.3 is 5.32 Å². The van der Waals surface area contributed by atoms with Crippen molar-refractivity contribution < 1.29 is 9.18 Å². The van der Waals surface area contributed by atoms with Gasteiger partial charge >= 0.3 is 0 Å². The molecule has 1 aromatic heterocycles. The second kappa shape index (κ2) is 6.16. The average molecular weight is 347 g/mol. The van der Waals surface area contributed by atoms with E-state index in [0.29, 0.717) is 16.7 Å². The predicted octanol–water partition coefficient (Wildman–Crippen LogP) is 3.47. The fourth-order valence-electron chi connectivity index (χ4n) is 1.51. The molecule has 2 aromatic rings. The SMILES string of the molecule is O=C(CCn1cccn1)Nc1c(Cl)cc(F)cc1Br. The number of halogens is 3. The Kier molecular flexibility index (Phi) is 4.55. The van der Waals surface area contributed by atoms with Crippen LogP contribution in [-0.4, -0.2) is 15.7 Å². The van der Waals surface area contributed by atoms with Gasteiger partial charge in [0.05, 0.1) is 10.7 Å². The molecule has 0 aliphatic carbocycles. The number of hydrogen-bond donors (Lipinski definition) is 1. The van der Waals surface area contributed by atoms with Gasteiger partial charge in [0.15, 0.2) is 0 Å². The number of amides is 1. The van der Waals surface area contributed by atoms with Crippen LogP contribution in [-0.2, 0) is 11.3 Å². The van der Waals surface area contributed by atoms with Gasteiger partial charge in [0, 0.05) is 29.8 Å². The van der Waals surface area contributed by atoms with E-state index in [-0.39, 0.29) is 17.4 Å². The van der Waals surface area contributed by atoms with E-state index in [0.717, 1.165) is 6.07 Å². The van der Waals surface area contributed by atoms with Crippen LogP contribution < -0.4 is 5.32 Å². The molecule has 1 amide bonds. The fourth-order valence-corrected chi connectivity index (χ4v) is 2.41. The largest absolute Gasteiger partial charge is 0.324 e. The van der Waals surface area contributed by atoms with Crippen molar-refractivity contribution in [3.05, 3.63) is 45.9 Å². The molecule has 1 aromatic carbocycles. The third-order valence-electron chi connectivity index (χ3n) is 2.40. The molecule has 0 spiro atoms. The van der Waals surface area contributed by atoms with Gasteiger partial charge in [-0.3, -0.25) is 9.48 Å². The molecule has 0 unspecified atom stereocenters. The molecule has 0 aliphatic rings. The fraction of sp³-hybridized carbons (Fsp3) is 0.167. The summed E-state index contributed by atoms with van der Waals surface area (Å²) in [5, 5.41) is 6.79. The zero-order valence-corrected chi connectivity index (χ0v) is 12.1. The summed E-state index contributed by atoms with van der Waals surface area (Å²) in [7, 11) is 0. The molecule has 0 saturated carbocycles. The Hall–Kier alpha value is -1.40. The molecule has 0 atom stereocenters. The van der Waals surface area contributed by atoms with Crippen molar-refractivity contribution in [3.8, 4) is 0 Å². The minimum absolute atomic E-state index is 0.152. The summed E-state index contributed by atoms with van der Waals surface area (Å²) < 4.78 is 15.1. The topological polar surface area (TPSA) is 46.9 Å². The van der Waals surface area contributed by atoms with Crippen molar-refractivity contribution >= 4 is 39.1 Å². The zero-order chi connectivity index (χ0) is 13.8. The van der Waals surface area contributed by atoms with Crippen LogP contribution >= 0.6 is 27.5 Å². The van der Waals surface area contributed by atoms with E-state index in [1.54, 1.807) is 23.1 Å². The van der Waals surface area contributed by atoms with E-state index in [1.807, 2.05) is 0 Å². The Morgan fingerprint density at radius 2 is 2.32 bits per heavy atom. The zero-order valence-electron chi connectivity index (χ0n) is 9.74. The minimum atomic E-state index is -0.466. The van der Waals surface area contributed by atoms with Crippen molar-refractivity contribution in [1.82, 2.24) is 9.78 Å². The number of rotatable bonds is 4. The van der Waals surface area contributed by atoms with Crippen LogP contribution in [0.5, 0.6) is 0 Å². The molecule has 100 valence electrons. The molecule has 1 heterocycles. The molecule has 2 rings (SSSR count). The summed E-state index contributed by atoms with van der Waals surface area (Å²) >= 11 is 9.04. The lowest BCUT2D eigenvalue weighted by atomic mass is 10.3. The van der Waals surface area contributed by atoms with Crippen LogP contribution in [0.15, 0.2) is 35.1 Å². The van der Waals surface area contributed by atoms with Crippen LogP contribution in [0.3, 0.4) is 0 Å². The highest BCUT2D eigenvalue weighted by molar-refractivity contribution is 9.10. The van der Waals surface area contributed by atoms with E-state index >= 15 is 0 Å². The smallest absolute Gasteiger partial charge is 0.226 e. The number of anilines is 1. The van der Waals surface area contributed by atoms with Crippen molar-refractivity contribution in [2.24, 2.45) is 0 Å². The van der Waals surface area contributed by atoms with E-state index < -0.39 is 5.82 Å². The number of carbonyl (C=O) groups is 1. The summed E-state index contributed by atoms with van der Waals surface area (Å²) in [4.78, 5) is 11.8. The summed E-state index contributed by atoms with van der Waals surface area (Å²) in [5.41, 5.74) is 0.369. The number of aryl methyl sites for hydroxylation is 1. The lowest BCUT2D eigenvalue weighted by Gasteiger charge is -2.09. The van der Waals surface area contributed by atoms with Crippen molar-refractivity contribution in [1.29, 1.82) is 0 Å². The molecule has 0 fully saturated rings. The number of nitrogens with one attached hydrogen (secondary N) is 1. The number of carbonyl (C=O) groups excluding carboxylic acids is 1. The summed E-state index contributed by atoms with van der Waals surface area (Å²) in [6.45, 7) is 0.468. The molecule has 0 bridgehead atoms. The number of aromatic nitrogens is 2. The van der Waals surface area contributed by atoms with E-state index in [4.69, 9.17) is 11.6 Å². The maximum absolute atomic E-state index is 13.0. The van der Waals surface area contributed by atoms with Crippen LogP contribution in [0.2, 0.25) is 5.02 Å². The molecular formula is C12H10BrClFN3O. The maximum Gasteiger partial charge on any atom is 0.226 e. The van der Waals surface area contributed by atoms with Gasteiger partial charge in [-0.05, 0) is 34.1 Å². The van der Waals surface area contributed by atoms with Gasteiger partial charge in [-0.1, -0.05) is 11.6 Å². The first-order valence-electron chi connectivity index (χ1n) is 5.48. The standard InChI is InChI=1S/C12H10BrClFN3O/c13-9-6-8(15)7-10(14)12(9)17-11(19)2-5-18-4-1-3-16-18/h1,3-4,6-7H,2,5H2,(H,17,19). The van der Waals surface area contributed by atoms with Gasteiger partial charge in [-0.25, -0.2) is 4.39 Å². The first kappa shape index (κ1) is 14.0. The molecular weight excluding hydrogens is 337 g/mol. The number of nitrogens with zero attached hydrogens (tertiary/aromatic N) is 2. The Bertz CT molecular complexity index is 566. The molecule has 0 aliphatic heterocycles. The van der Waals surface area contributed by atoms with E-state index in [9.17, 15) is 9.18 Å². The highest BCUT2D eigenvalue weighted by Gasteiger charge is 2.11. The van der Waals surface area contributed by atoms with Crippen LogP contribution in [0, 0.1) is 5.82 Å². The molecule has 19 heavy (non-hydrogen) atoms. The van der Waals surface area contributed by atoms with E-state index in [2.05, 4.69) is 26.3 Å². The molecule has 0 radical (unpaired) electrons. The first-order chi connectivity index (χ1) is 9.06. The third kappa shape index (κ3) is 3.78. The van der Waals surface area contributed by atoms with Crippen molar-refractivity contribution in [3.63, 3.8) is 0 Å². The maximum atomic E-state index is 13.0.